The summed E-state index contributed by atoms with van der Waals surface area (Å²) in [6, 6.07) is 13.4. The van der Waals surface area contributed by atoms with Crippen molar-refractivity contribution in [2.24, 2.45) is 0 Å². The molecule has 4 aromatic rings. The van der Waals surface area contributed by atoms with Crippen LogP contribution in [0.4, 0.5) is 5.69 Å². The van der Waals surface area contributed by atoms with Gasteiger partial charge in [0.2, 0.25) is 5.88 Å². The van der Waals surface area contributed by atoms with E-state index in [0.717, 1.165) is 21.3 Å². The van der Waals surface area contributed by atoms with Gasteiger partial charge in [-0.25, -0.2) is 9.97 Å². The highest BCUT2D eigenvalue weighted by Crippen LogP contribution is 2.37. The lowest BCUT2D eigenvalue weighted by Crippen LogP contribution is -2.20. The number of thiophene rings is 1. The third kappa shape index (κ3) is 4.59. The number of rotatable bonds is 7. The summed E-state index contributed by atoms with van der Waals surface area (Å²) in [6.45, 7) is 1.85. The summed E-state index contributed by atoms with van der Waals surface area (Å²) < 4.78 is 16.3. The number of ether oxygens (including phenoxy) is 3. The lowest BCUT2D eigenvalue weighted by molar-refractivity contribution is -0.118. The van der Waals surface area contributed by atoms with Gasteiger partial charge in [-0.2, -0.15) is 0 Å². The number of hydrogen-bond donors (Lipinski definition) is 1. The molecular weight excluding hydrogens is 414 g/mol. The van der Waals surface area contributed by atoms with E-state index in [-0.39, 0.29) is 12.5 Å². The number of benzene rings is 2. The van der Waals surface area contributed by atoms with Gasteiger partial charge in [-0.3, -0.25) is 4.79 Å². The summed E-state index contributed by atoms with van der Waals surface area (Å²) in [4.78, 5) is 21.9. The molecule has 8 heteroatoms. The number of aromatic nitrogens is 2. The van der Waals surface area contributed by atoms with E-state index in [1.165, 1.54) is 23.2 Å². The zero-order valence-electron chi connectivity index (χ0n) is 17.3. The molecule has 0 aliphatic heterocycles. The van der Waals surface area contributed by atoms with Crippen LogP contribution in [-0.2, 0) is 4.79 Å². The second-order valence-corrected chi connectivity index (χ2v) is 7.67. The molecule has 4 rings (SSSR count). The number of amides is 1. The smallest absolute Gasteiger partial charge is 0.262 e. The Kier molecular flexibility index (Phi) is 5.99. The van der Waals surface area contributed by atoms with Crippen LogP contribution in [0.2, 0.25) is 0 Å². The fraction of sp³-hybridized carbons (Fsp3) is 0.174. The van der Waals surface area contributed by atoms with Crippen LogP contribution in [0.15, 0.2) is 54.2 Å². The van der Waals surface area contributed by atoms with Gasteiger partial charge < -0.3 is 19.5 Å². The predicted octanol–water partition coefficient (Wildman–Crippen LogP) is 4.70. The van der Waals surface area contributed by atoms with E-state index >= 15 is 0 Å². The van der Waals surface area contributed by atoms with E-state index in [0.29, 0.717) is 23.1 Å². The number of anilines is 1. The molecule has 0 saturated carbocycles. The molecule has 0 spiro atoms. The average Bonchev–Trinajstić information content (AvgIpc) is 3.22. The van der Waals surface area contributed by atoms with Crippen molar-refractivity contribution in [1.29, 1.82) is 0 Å². The maximum atomic E-state index is 12.5. The maximum absolute atomic E-state index is 12.5. The summed E-state index contributed by atoms with van der Waals surface area (Å²) in [5.74, 6) is 1.21. The first-order valence-corrected chi connectivity index (χ1v) is 10.4. The van der Waals surface area contributed by atoms with Crippen LogP contribution in [0.5, 0.6) is 17.4 Å². The number of carbonyl (C=O) groups excluding carboxylic acids is 1. The summed E-state index contributed by atoms with van der Waals surface area (Å²) in [5.41, 5.74) is 3.76. The molecule has 2 heterocycles. The quantitative estimate of drug-likeness (QED) is 0.453. The predicted molar refractivity (Wildman–Crippen MR) is 121 cm³/mol. The van der Waals surface area contributed by atoms with Crippen molar-refractivity contribution < 1.29 is 19.0 Å². The summed E-state index contributed by atoms with van der Waals surface area (Å²) in [7, 11) is 3.10. The maximum Gasteiger partial charge on any atom is 0.262 e. The molecule has 31 heavy (non-hydrogen) atoms. The van der Waals surface area contributed by atoms with Crippen molar-refractivity contribution in [3.05, 3.63) is 59.7 Å². The molecule has 1 N–H and O–H groups in total. The number of nitrogens with zero attached hydrogens (tertiary/aromatic N) is 2. The topological polar surface area (TPSA) is 82.6 Å². The highest BCUT2D eigenvalue weighted by molar-refractivity contribution is 7.17. The Bertz CT molecular complexity index is 1200. The molecule has 7 nitrogen and oxygen atoms in total. The second kappa shape index (κ2) is 9.01. The third-order valence-electron chi connectivity index (χ3n) is 4.67. The first-order chi connectivity index (χ1) is 15.1. The van der Waals surface area contributed by atoms with E-state index in [2.05, 4.69) is 39.6 Å². The highest BCUT2D eigenvalue weighted by atomic mass is 32.1. The van der Waals surface area contributed by atoms with Gasteiger partial charge in [0.1, 0.15) is 22.7 Å². The van der Waals surface area contributed by atoms with Crippen LogP contribution in [0, 0.1) is 6.92 Å². The van der Waals surface area contributed by atoms with Crippen molar-refractivity contribution in [1.82, 2.24) is 9.97 Å². The SMILES string of the molecule is COc1cc(NC(=O)COc2ncnc3scc(-c4ccc(C)cc4)c23)cc(OC)c1. The van der Waals surface area contributed by atoms with Crippen LogP contribution in [0.3, 0.4) is 0 Å². The van der Waals surface area contributed by atoms with Crippen molar-refractivity contribution in [3.63, 3.8) is 0 Å². The monoisotopic (exact) mass is 435 g/mol. The molecule has 0 bridgehead atoms. The number of carbonyl (C=O) groups is 1. The van der Waals surface area contributed by atoms with Crippen LogP contribution in [-0.4, -0.2) is 36.7 Å². The van der Waals surface area contributed by atoms with Crippen molar-refractivity contribution in [2.75, 3.05) is 26.1 Å². The Morgan fingerprint density at radius 2 is 1.74 bits per heavy atom. The van der Waals surface area contributed by atoms with Gasteiger partial charge in [0.05, 0.1) is 19.6 Å². The lowest BCUT2D eigenvalue weighted by atomic mass is 10.0. The van der Waals surface area contributed by atoms with Gasteiger partial charge >= 0.3 is 0 Å². The first-order valence-electron chi connectivity index (χ1n) is 9.52. The molecule has 1 amide bonds. The van der Waals surface area contributed by atoms with Gasteiger partial charge in [0.25, 0.3) is 5.91 Å². The minimum atomic E-state index is -0.325. The normalized spacial score (nSPS) is 10.7. The minimum Gasteiger partial charge on any atom is -0.497 e. The highest BCUT2D eigenvalue weighted by Gasteiger charge is 2.15. The molecule has 0 radical (unpaired) electrons. The molecule has 0 fully saturated rings. The van der Waals surface area contributed by atoms with Crippen LogP contribution in [0.1, 0.15) is 5.56 Å². The molecule has 0 aliphatic rings. The fourth-order valence-electron chi connectivity index (χ4n) is 3.11. The number of fused-ring (bicyclic) bond motifs is 1. The minimum absolute atomic E-state index is 0.200. The van der Waals surface area contributed by atoms with E-state index in [1.807, 2.05) is 12.3 Å². The molecule has 0 aliphatic carbocycles. The molecule has 2 aromatic heterocycles. The molecule has 0 atom stereocenters. The van der Waals surface area contributed by atoms with Crippen molar-refractivity contribution in [3.8, 4) is 28.5 Å². The number of methoxy groups -OCH3 is 2. The third-order valence-corrected chi connectivity index (χ3v) is 5.56. The van der Waals surface area contributed by atoms with E-state index in [9.17, 15) is 4.79 Å². The van der Waals surface area contributed by atoms with E-state index < -0.39 is 0 Å². The molecule has 0 saturated heterocycles. The van der Waals surface area contributed by atoms with Gasteiger partial charge in [-0.1, -0.05) is 29.8 Å². The molecule has 0 unspecified atom stereocenters. The lowest BCUT2D eigenvalue weighted by Gasteiger charge is -2.11. The largest absolute Gasteiger partial charge is 0.497 e. The summed E-state index contributed by atoms with van der Waals surface area (Å²) >= 11 is 1.51. The van der Waals surface area contributed by atoms with Gasteiger partial charge in [-0.05, 0) is 12.5 Å². The molecule has 158 valence electrons. The Balaban J connectivity index is 1.53. The second-order valence-electron chi connectivity index (χ2n) is 6.81. The number of hydrogen-bond acceptors (Lipinski definition) is 7. The number of nitrogens with one attached hydrogen (secondary N) is 1. The zero-order chi connectivity index (χ0) is 21.8. The average molecular weight is 436 g/mol. The summed E-state index contributed by atoms with van der Waals surface area (Å²) in [6.07, 6.45) is 1.44. The van der Waals surface area contributed by atoms with Crippen LogP contribution in [0.25, 0.3) is 21.3 Å². The van der Waals surface area contributed by atoms with E-state index in [1.54, 1.807) is 32.4 Å². The molecular formula is C23H21N3O4S. The van der Waals surface area contributed by atoms with Crippen molar-refractivity contribution in [2.45, 2.75) is 6.92 Å². The van der Waals surface area contributed by atoms with Gasteiger partial charge in [0, 0.05) is 34.8 Å². The Morgan fingerprint density at radius 3 is 2.42 bits per heavy atom. The standard InChI is InChI=1S/C23H21N3O4S/c1-14-4-6-15(7-5-14)19-12-31-23-21(19)22(24-13-25-23)30-11-20(27)26-16-8-17(28-2)10-18(9-16)29-3/h4-10,12-13H,11H2,1-3H3,(H,26,27). The van der Waals surface area contributed by atoms with Crippen LogP contribution < -0.4 is 19.5 Å². The van der Waals surface area contributed by atoms with E-state index in [4.69, 9.17) is 14.2 Å². The summed E-state index contributed by atoms with van der Waals surface area (Å²) in [5, 5.41) is 5.62. The Morgan fingerprint density at radius 1 is 1.03 bits per heavy atom. The Labute approximate surface area is 183 Å². The molecule has 2 aromatic carbocycles. The first kappa shape index (κ1) is 20.6. The van der Waals surface area contributed by atoms with Gasteiger partial charge in [0.15, 0.2) is 6.61 Å². The Hall–Kier alpha value is -3.65. The van der Waals surface area contributed by atoms with Crippen molar-refractivity contribution >= 4 is 33.1 Å². The number of aryl methyl sites for hydroxylation is 1. The zero-order valence-corrected chi connectivity index (χ0v) is 18.2. The van der Waals surface area contributed by atoms with Gasteiger partial charge in [-0.15, -0.1) is 11.3 Å². The van der Waals surface area contributed by atoms with Crippen LogP contribution >= 0.6 is 11.3 Å². The fourth-order valence-corrected chi connectivity index (χ4v) is 4.02.